The third kappa shape index (κ3) is 31.4. The van der Waals surface area contributed by atoms with E-state index in [0.29, 0.717) is 130 Å². The molecule has 10 N–H and O–H groups in total. The fourth-order valence-corrected chi connectivity index (χ4v) is 10.1. The maximum Gasteiger partial charge on any atom is 0.338 e. The predicted octanol–water partition coefficient (Wildman–Crippen LogP) is 21.0. The van der Waals surface area contributed by atoms with E-state index >= 15 is 0 Å². The number of esters is 1. The number of nitrogens with one attached hydrogen (secondary N) is 10. The van der Waals surface area contributed by atoms with Gasteiger partial charge in [0.1, 0.15) is 5.75 Å². The number of anilines is 10. The molecule has 636 valence electrons. The van der Waals surface area contributed by atoms with Gasteiger partial charge < -0.3 is 57.9 Å². The first kappa shape index (κ1) is 98.5. The minimum atomic E-state index is -0.478. The number of amides is 10. The zero-order valence-electron chi connectivity index (χ0n) is 72.0. The van der Waals surface area contributed by atoms with Crippen molar-refractivity contribution >= 4 is 171 Å². The molecule has 0 atom stereocenters. The second-order valence-electron chi connectivity index (χ2n) is 29.0. The molecule has 0 aliphatic rings. The van der Waals surface area contributed by atoms with Crippen molar-refractivity contribution in [2.75, 3.05) is 53.2 Å². The molecule has 0 aliphatic heterocycles. The number of ether oxygens (including phenoxy) is 1. The molecule has 10 aromatic rings. The van der Waals surface area contributed by atoms with E-state index in [1.165, 1.54) is 0 Å². The fraction of sp³-hybridized carbons (Fsp3) is 0.129. The highest BCUT2D eigenvalue weighted by Crippen LogP contribution is 2.33. The maximum absolute atomic E-state index is 11.8. The molecule has 0 saturated carbocycles. The molecule has 0 fully saturated rings. The predicted molar refractivity (Wildman–Crippen MR) is 507 cm³/mol. The van der Waals surface area contributed by atoms with Crippen LogP contribution in [0.3, 0.4) is 0 Å². The first-order valence-corrected chi connectivity index (χ1v) is 38.4. The second kappa shape index (κ2) is 46.9. The lowest BCUT2D eigenvalue weighted by Gasteiger charge is -2.13. The summed E-state index contributed by atoms with van der Waals surface area (Å²) in [5, 5.41) is 34.9. The van der Waals surface area contributed by atoms with Crippen LogP contribution in [0, 0.1) is 0 Å². The molecule has 10 amide bonds. The quantitative estimate of drug-likeness (QED) is 0.0145. The van der Waals surface area contributed by atoms with Crippen molar-refractivity contribution in [3.8, 4) is 5.75 Å². The number of Topliss-reactive ketones (excluding diaryl/α,β-unsaturated/α-hetero) is 1. The van der Waals surface area contributed by atoms with Crippen molar-refractivity contribution in [1.29, 1.82) is 0 Å². The van der Waals surface area contributed by atoms with Gasteiger partial charge in [0.2, 0.25) is 0 Å². The standard InChI is InChI=1S/C19H19NO2.3C18H18N2O2.C14H16N2O2.C14H15NO3/c1-12(2)18(21)10-14-5-6-16-11-17(8-7-15(16)9-14)20-19(22)13(3)4;1-11(2)17(21)19-15-9-5-8-14-13(15)7-6-10-16(14)20-18(22)12(3)4;1-11(2)17(21)19-14-8-9-15-13(10-14)6-5-7-16(15)20-18(22)12(3)4;1-11(2)17(21)19-15-9-10-16(20-18(22)12(3)4)14-8-6-5-7-13(14)15;1-9(2)13(17)15-11-5-7-12(8-6-11)16-14(18)10(3)4;1-9(2)13(16)15-11-5-7-12(8-6-11)18-14(17)10(3)4/h5-9,11H,1,3,10H2,2,4H3,(H,20,22);3*5-10H,1,3H2,2,4H3,(H,19,21)(H,20,22);5-8H,1,3H2,2,4H3,(H,15,17)(H,16,18);5-8H,1,3H2,2,4H3,(H,15,16). The van der Waals surface area contributed by atoms with Crippen molar-refractivity contribution in [2.24, 2.45) is 0 Å². The average molecular weight is 1670 g/mol. The lowest BCUT2D eigenvalue weighted by Crippen LogP contribution is -2.14. The normalized spacial score (nSPS) is 9.94. The summed E-state index contributed by atoms with van der Waals surface area (Å²) in [6, 6.07) is 58.0. The van der Waals surface area contributed by atoms with E-state index in [2.05, 4.69) is 132 Å². The van der Waals surface area contributed by atoms with E-state index in [0.717, 1.165) is 54.3 Å². The van der Waals surface area contributed by atoms with Crippen LogP contribution >= 0.6 is 0 Å². The lowest BCUT2D eigenvalue weighted by atomic mass is 10.0. The first-order valence-electron chi connectivity index (χ1n) is 38.4. The Labute approximate surface area is 723 Å². The Bertz CT molecular complexity index is 5560. The highest BCUT2D eigenvalue weighted by molar-refractivity contribution is 6.17. The van der Waals surface area contributed by atoms with Crippen LogP contribution in [-0.4, -0.2) is 70.8 Å². The Morgan fingerprint density at radius 2 is 0.484 bits per heavy atom. The van der Waals surface area contributed by atoms with Gasteiger partial charge in [-0.25, -0.2) is 4.79 Å². The maximum atomic E-state index is 11.8. The van der Waals surface area contributed by atoms with Gasteiger partial charge in [0.25, 0.3) is 59.1 Å². The molecule has 0 aliphatic carbocycles. The number of carbonyl (C=O) groups excluding carboxylic acids is 12. The number of carbonyl (C=O) groups is 12. The minimum absolute atomic E-state index is 0.0460. The molecule has 124 heavy (non-hydrogen) atoms. The molecular weight excluding hydrogens is 1560 g/mol. The Morgan fingerprint density at radius 3 is 0.815 bits per heavy atom. The molecule has 0 heterocycles. The molecule has 0 aromatic heterocycles. The molecule has 23 heteroatoms. The monoisotopic (exact) mass is 1660 g/mol. The van der Waals surface area contributed by atoms with Crippen LogP contribution in [0.2, 0.25) is 0 Å². The van der Waals surface area contributed by atoms with Gasteiger partial charge in [-0.2, -0.15) is 0 Å². The number of rotatable bonds is 25. The van der Waals surface area contributed by atoms with E-state index < -0.39 is 5.97 Å². The first-order chi connectivity index (χ1) is 58.3. The molecular formula is C101H104N10O13. The topological polar surface area (TPSA) is 334 Å². The summed E-state index contributed by atoms with van der Waals surface area (Å²) in [4.78, 5) is 139. The summed E-state index contributed by atoms with van der Waals surface area (Å²) in [6.07, 6.45) is 0.361. The zero-order chi connectivity index (χ0) is 92.5. The largest absolute Gasteiger partial charge is 0.423 e. The van der Waals surface area contributed by atoms with Gasteiger partial charge in [0.05, 0.1) is 0 Å². The van der Waals surface area contributed by atoms with Gasteiger partial charge in [0.15, 0.2) is 5.78 Å². The van der Waals surface area contributed by atoms with Gasteiger partial charge >= 0.3 is 5.97 Å². The summed E-state index contributed by atoms with van der Waals surface area (Å²) in [7, 11) is 0. The fourth-order valence-electron chi connectivity index (χ4n) is 10.1. The van der Waals surface area contributed by atoms with Crippen LogP contribution in [0.25, 0.3) is 43.1 Å². The van der Waals surface area contributed by atoms with Crippen molar-refractivity contribution in [3.63, 3.8) is 0 Å². The molecule has 0 spiro atoms. The van der Waals surface area contributed by atoms with Gasteiger partial charge in [-0.05, 0) is 214 Å². The minimum Gasteiger partial charge on any atom is -0.423 e. The summed E-state index contributed by atoms with van der Waals surface area (Å²) < 4.78 is 5.01. The van der Waals surface area contributed by atoms with Crippen LogP contribution in [0.1, 0.15) is 88.6 Å². The van der Waals surface area contributed by atoms with Crippen molar-refractivity contribution < 1.29 is 62.3 Å². The van der Waals surface area contributed by atoms with Crippen molar-refractivity contribution in [1.82, 2.24) is 0 Å². The van der Waals surface area contributed by atoms with Crippen LogP contribution in [0.15, 0.2) is 340 Å². The van der Waals surface area contributed by atoms with E-state index in [1.807, 2.05) is 127 Å². The number of hydrogen-bond donors (Lipinski definition) is 10. The summed E-state index contributed by atoms with van der Waals surface area (Å²) in [5.41, 5.74) is 13.0. The summed E-state index contributed by atoms with van der Waals surface area (Å²) in [5.74, 6) is -2.29. The smallest absolute Gasteiger partial charge is 0.338 e. The highest BCUT2D eigenvalue weighted by atomic mass is 16.5. The number of fused-ring (bicyclic) bond motifs is 4. The SMILES string of the molecule is C=C(C)C(=O)Cc1ccc2cc(NC(=O)C(=C)C)ccc2c1.C=C(C)C(=O)Nc1ccc(NC(=O)C(=C)C)c2ccccc12.C=C(C)C(=O)Nc1ccc(NC(=O)C(=C)C)cc1.C=C(C)C(=O)Nc1ccc(OC(=O)C(=C)C)cc1.C=C(C)C(=O)Nc1ccc2c(NC(=O)C(=C)C)cccc2c1.C=C(C)C(=O)Nc1cccc2c(NC(=O)C(=C)C)cccc12. The summed E-state index contributed by atoms with van der Waals surface area (Å²) in [6.45, 7) is 62.9. The third-order valence-corrected chi connectivity index (χ3v) is 17.2. The number of benzene rings is 10. The Kier molecular flexibility index (Phi) is 37.3. The van der Waals surface area contributed by atoms with Crippen LogP contribution in [0.4, 0.5) is 56.9 Å². The second-order valence-corrected chi connectivity index (χ2v) is 29.0. The Morgan fingerprint density at radius 1 is 0.226 bits per heavy atom. The average Bonchev–Trinajstić information content (AvgIpc) is 0.821. The van der Waals surface area contributed by atoms with E-state index in [-0.39, 0.29) is 64.9 Å². The molecule has 10 rings (SSSR count). The highest BCUT2D eigenvalue weighted by Gasteiger charge is 2.17. The van der Waals surface area contributed by atoms with E-state index in [9.17, 15) is 57.5 Å². The number of allylic oxidation sites excluding steroid dienone is 1. The lowest BCUT2D eigenvalue weighted by molar-refractivity contribution is -0.130. The van der Waals surface area contributed by atoms with Crippen molar-refractivity contribution in [3.05, 3.63) is 346 Å². The molecule has 0 radical (unpaired) electrons. The molecule has 10 aromatic carbocycles. The van der Waals surface area contributed by atoms with Gasteiger partial charge in [-0.15, -0.1) is 0 Å². The van der Waals surface area contributed by atoms with E-state index in [4.69, 9.17) is 4.74 Å². The van der Waals surface area contributed by atoms with Crippen LogP contribution < -0.4 is 57.9 Å². The molecule has 0 unspecified atom stereocenters. The van der Waals surface area contributed by atoms with Gasteiger partial charge in [0, 0.05) is 152 Å². The molecule has 0 saturated heterocycles. The Balaban J connectivity index is 0.000000265. The summed E-state index contributed by atoms with van der Waals surface area (Å²) >= 11 is 0. The van der Waals surface area contributed by atoms with Gasteiger partial charge in [-0.3, -0.25) is 52.7 Å². The molecule has 23 nitrogen and oxygen atoms in total. The van der Waals surface area contributed by atoms with Crippen molar-refractivity contribution in [2.45, 2.75) is 89.5 Å². The molecule has 0 bridgehead atoms. The number of hydrogen-bond acceptors (Lipinski definition) is 13. The van der Waals surface area contributed by atoms with Crippen LogP contribution in [-0.2, 0) is 64.0 Å². The van der Waals surface area contributed by atoms with E-state index in [1.54, 1.807) is 150 Å². The third-order valence-electron chi connectivity index (χ3n) is 17.2. The number of ketones is 1. The van der Waals surface area contributed by atoms with Gasteiger partial charge in [-0.1, -0.05) is 170 Å². The Hall–Kier alpha value is -16.0. The zero-order valence-corrected chi connectivity index (χ0v) is 72.0. The van der Waals surface area contributed by atoms with Crippen LogP contribution in [0.5, 0.6) is 5.75 Å².